The number of hydrogen-bond donors (Lipinski definition) is 0. The summed E-state index contributed by atoms with van der Waals surface area (Å²) < 4.78 is 3.39. The van der Waals surface area contributed by atoms with Crippen LogP contribution in [0.25, 0.3) is 5.82 Å². The molecule has 2 rings (SSSR count). The molecular formula is C7H8ClN5. The lowest BCUT2D eigenvalue weighted by Gasteiger charge is -1.94. The van der Waals surface area contributed by atoms with E-state index in [9.17, 15) is 0 Å². The molecule has 0 saturated carbocycles. The fourth-order valence-corrected chi connectivity index (χ4v) is 1.21. The average molecular weight is 198 g/mol. The van der Waals surface area contributed by atoms with Gasteiger partial charge in [0.05, 0.1) is 0 Å². The van der Waals surface area contributed by atoms with E-state index in [1.807, 2.05) is 20.0 Å². The van der Waals surface area contributed by atoms with Gasteiger partial charge in [-0.3, -0.25) is 9.25 Å². The summed E-state index contributed by atoms with van der Waals surface area (Å²) in [7, 11) is 1.87. The minimum absolute atomic E-state index is 0.318. The quantitative estimate of drug-likeness (QED) is 0.684. The van der Waals surface area contributed by atoms with Crippen molar-refractivity contribution in [3.63, 3.8) is 0 Å². The predicted molar refractivity (Wildman–Crippen MR) is 47.9 cm³/mol. The van der Waals surface area contributed by atoms with Crippen molar-refractivity contribution < 1.29 is 0 Å². The maximum absolute atomic E-state index is 5.78. The van der Waals surface area contributed by atoms with Crippen LogP contribution in [-0.2, 0) is 7.05 Å². The van der Waals surface area contributed by atoms with Crippen LogP contribution >= 0.6 is 11.6 Å². The molecule has 0 aliphatic heterocycles. The molecule has 0 fully saturated rings. The molecule has 0 aliphatic rings. The number of rotatable bonds is 1. The highest BCUT2D eigenvalue weighted by Gasteiger charge is 2.07. The van der Waals surface area contributed by atoms with Gasteiger partial charge in [0.25, 0.3) is 0 Å². The average Bonchev–Trinajstić information content (AvgIpc) is 2.60. The van der Waals surface area contributed by atoms with Crippen molar-refractivity contribution in [3.05, 3.63) is 23.4 Å². The molecule has 6 heteroatoms. The molecule has 0 aliphatic carbocycles. The molecule has 0 amide bonds. The molecular weight excluding hydrogens is 190 g/mol. The lowest BCUT2D eigenvalue weighted by molar-refractivity contribution is 0.727. The normalized spacial score (nSPS) is 10.7. The molecule has 0 atom stereocenters. The molecule has 2 aromatic heterocycles. The molecule has 0 spiro atoms. The maximum atomic E-state index is 5.78. The van der Waals surface area contributed by atoms with Gasteiger partial charge in [-0.2, -0.15) is 5.10 Å². The van der Waals surface area contributed by atoms with Crippen molar-refractivity contribution >= 4 is 11.6 Å². The third kappa shape index (κ3) is 1.31. The van der Waals surface area contributed by atoms with Crippen LogP contribution in [0.2, 0.25) is 5.28 Å². The summed E-state index contributed by atoms with van der Waals surface area (Å²) in [5, 5.41) is 11.9. The van der Waals surface area contributed by atoms with Gasteiger partial charge in [-0.05, 0) is 18.5 Å². The molecule has 13 heavy (non-hydrogen) atoms. The van der Waals surface area contributed by atoms with E-state index in [4.69, 9.17) is 11.6 Å². The highest BCUT2D eigenvalue weighted by Crippen LogP contribution is 2.12. The van der Waals surface area contributed by atoms with Crippen molar-refractivity contribution in [2.75, 3.05) is 0 Å². The Morgan fingerprint density at radius 3 is 2.69 bits per heavy atom. The van der Waals surface area contributed by atoms with E-state index in [2.05, 4.69) is 15.3 Å². The summed E-state index contributed by atoms with van der Waals surface area (Å²) in [4.78, 5) is 0. The Bertz CT molecular complexity index is 410. The lowest BCUT2D eigenvalue weighted by atomic mass is 10.5. The second kappa shape index (κ2) is 2.85. The van der Waals surface area contributed by atoms with Crippen LogP contribution in [0.15, 0.2) is 12.4 Å². The van der Waals surface area contributed by atoms with Gasteiger partial charge >= 0.3 is 0 Å². The topological polar surface area (TPSA) is 48.5 Å². The third-order valence-corrected chi connectivity index (χ3v) is 2.11. The second-order valence-corrected chi connectivity index (χ2v) is 3.08. The summed E-state index contributed by atoms with van der Waals surface area (Å²) in [5.41, 5.74) is 1.06. The van der Waals surface area contributed by atoms with Crippen LogP contribution in [0.3, 0.4) is 0 Å². The van der Waals surface area contributed by atoms with Crippen molar-refractivity contribution in [2.24, 2.45) is 7.05 Å². The maximum Gasteiger partial charge on any atom is 0.230 e. The van der Waals surface area contributed by atoms with E-state index in [0.29, 0.717) is 5.28 Å². The monoisotopic (exact) mass is 197 g/mol. The SMILES string of the molecule is Cc1cc(-n2cnnc2Cl)nn1C. The zero-order valence-electron chi connectivity index (χ0n) is 7.27. The molecule has 5 nitrogen and oxygen atoms in total. The lowest BCUT2D eigenvalue weighted by Crippen LogP contribution is -1.96. The molecule has 68 valence electrons. The zero-order chi connectivity index (χ0) is 9.42. The number of aryl methyl sites for hydroxylation is 2. The second-order valence-electron chi connectivity index (χ2n) is 2.74. The largest absolute Gasteiger partial charge is 0.271 e. The summed E-state index contributed by atoms with van der Waals surface area (Å²) in [6.07, 6.45) is 1.53. The van der Waals surface area contributed by atoms with Gasteiger partial charge in [-0.15, -0.1) is 10.2 Å². The Morgan fingerprint density at radius 2 is 2.23 bits per heavy atom. The minimum atomic E-state index is 0.318. The molecule has 0 radical (unpaired) electrons. The van der Waals surface area contributed by atoms with Crippen LogP contribution in [0, 0.1) is 6.92 Å². The molecule has 0 saturated heterocycles. The summed E-state index contributed by atoms with van der Waals surface area (Å²) in [6.45, 7) is 1.97. The molecule has 0 unspecified atom stereocenters. The minimum Gasteiger partial charge on any atom is -0.271 e. The molecule has 2 heterocycles. The van der Waals surface area contributed by atoms with Gasteiger partial charge in [0.2, 0.25) is 5.28 Å². The molecule has 0 aromatic carbocycles. The molecule has 0 bridgehead atoms. The molecule has 2 aromatic rings. The van der Waals surface area contributed by atoms with Crippen LogP contribution in [-0.4, -0.2) is 24.5 Å². The Kier molecular flexibility index (Phi) is 1.81. The van der Waals surface area contributed by atoms with E-state index < -0.39 is 0 Å². The van der Waals surface area contributed by atoms with Crippen molar-refractivity contribution in [1.82, 2.24) is 24.5 Å². The van der Waals surface area contributed by atoms with E-state index in [-0.39, 0.29) is 0 Å². The number of nitrogens with zero attached hydrogens (tertiary/aromatic N) is 5. The van der Waals surface area contributed by atoms with Gasteiger partial charge in [-0.25, -0.2) is 0 Å². The zero-order valence-corrected chi connectivity index (χ0v) is 8.02. The Balaban J connectivity index is 2.53. The highest BCUT2D eigenvalue weighted by molar-refractivity contribution is 6.28. The van der Waals surface area contributed by atoms with Crippen molar-refractivity contribution in [3.8, 4) is 5.82 Å². The van der Waals surface area contributed by atoms with Gasteiger partial charge < -0.3 is 0 Å². The van der Waals surface area contributed by atoms with E-state index in [0.717, 1.165) is 11.5 Å². The van der Waals surface area contributed by atoms with Crippen molar-refractivity contribution in [2.45, 2.75) is 6.92 Å². The fourth-order valence-electron chi connectivity index (χ4n) is 1.03. The smallest absolute Gasteiger partial charge is 0.230 e. The van der Waals surface area contributed by atoms with Crippen LogP contribution in [0.4, 0.5) is 0 Å². The Morgan fingerprint density at radius 1 is 1.46 bits per heavy atom. The number of hydrogen-bond acceptors (Lipinski definition) is 3. The number of halogens is 1. The third-order valence-electron chi connectivity index (χ3n) is 1.85. The summed E-state index contributed by atoms with van der Waals surface area (Å²) in [6, 6.07) is 1.91. The standard InChI is InChI=1S/C7H8ClN5/c1-5-3-6(11-12(5)2)13-4-9-10-7(13)8/h3-4H,1-2H3. The predicted octanol–water partition coefficient (Wildman–Crippen LogP) is 0.963. The first-order chi connectivity index (χ1) is 6.18. The summed E-state index contributed by atoms with van der Waals surface area (Å²) >= 11 is 5.78. The van der Waals surface area contributed by atoms with E-state index >= 15 is 0 Å². The van der Waals surface area contributed by atoms with Crippen LogP contribution in [0.1, 0.15) is 5.69 Å². The first kappa shape index (κ1) is 8.25. The van der Waals surface area contributed by atoms with E-state index in [1.165, 1.54) is 6.33 Å². The first-order valence-electron chi connectivity index (χ1n) is 3.75. The van der Waals surface area contributed by atoms with Gasteiger partial charge in [0.15, 0.2) is 5.82 Å². The van der Waals surface area contributed by atoms with E-state index in [1.54, 1.807) is 9.25 Å². The number of aromatic nitrogens is 5. The first-order valence-corrected chi connectivity index (χ1v) is 4.13. The van der Waals surface area contributed by atoms with Gasteiger partial charge in [-0.1, -0.05) is 0 Å². The Labute approximate surface area is 80.0 Å². The Hall–Kier alpha value is -1.36. The summed E-state index contributed by atoms with van der Waals surface area (Å²) in [5.74, 6) is 0.731. The van der Waals surface area contributed by atoms with Gasteiger partial charge in [0, 0.05) is 18.8 Å². The van der Waals surface area contributed by atoms with Crippen LogP contribution in [0.5, 0.6) is 0 Å². The molecule has 0 N–H and O–H groups in total. The van der Waals surface area contributed by atoms with Gasteiger partial charge in [0.1, 0.15) is 6.33 Å². The fraction of sp³-hybridized carbons (Fsp3) is 0.286. The van der Waals surface area contributed by atoms with Crippen molar-refractivity contribution in [1.29, 1.82) is 0 Å². The van der Waals surface area contributed by atoms with Crippen LogP contribution < -0.4 is 0 Å². The highest BCUT2D eigenvalue weighted by atomic mass is 35.5.